The van der Waals surface area contributed by atoms with E-state index in [1.807, 2.05) is 0 Å². The van der Waals surface area contributed by atoms with Crippen LogP contribution >= 0.6 is 11.6 Å². The van der Waals surface area contributed by atoms with Crippen LogP contribution in [0.25, 0.3) is 6.08 Å². The Kier molecular flexibility index (Phi) is 5.79. The molecule has 1 aliphatic rings. The van der Waals surface area contributed by atoms with E-state index in [9.17, 15) is 14.4 Å². The van der Waals surface area contributed by atoms with Crippen molar-refractivity contribution in [2.75, 3.05) is 21.3 Å². The predicted molar refractivity (Wildman–Crippen MR) is 102 cm³/mol. The van der Waals surface area contributed by atoms with Gasteiger partial charge in [-0.2, -0.15) is 0 Å². The summed E-state index contributed by atoms with van der Waals surface area (Å²) in [6, 6.07) is 5.39. The lowest BCUT2D eigenvalue weighted by atomic mass is 10.1. The second-order valence-electron chi connectivity index (χ2n) is 5.87. The number of ether oxygens (including phenoxy) is 3. The third-order valence-corrected chi connectivity index (χ3v) is 4.45. The summed E-state index contributed by atoms with van der Waals surface area (Å²) in [6.45, 7) is -0.154. The van der Waals surface area contributed by atoms with Gasteiger partial charge in [-0.25, -0.2) is 9.59 Å². The van der Waals surface area contributed by atoms with E-state index in [1.165, 1.54) is 39.5 Å². The largest absolute Gasteiger partial charge is 0.493 e. The first-order valence-corrected chi connectivity index (χ1v) is 8.68. The van der Waals surface area contributed by atoms with E-state index in [0.717, 1.165) is 4.90 Å². The maximum absolute atomic E-state index is 12.7. The molecule has 0 aliphatic carbocycles. The molecular weight excluding hydrogens is 404 g/mol. The first-order valence-electron chi connectivity index (χ1n) is 8.31. The Morgan fingerprint density at radius 3 is 2.52 bits per heavy atom. The lowest BCUT2D eigenvalue weighted by Gasteiger charge is -2.10. The summed E-state index contributed by atoms with van der Waals surface area (Å²) in [7, 11) is 4.17. The van der Waals surface area contributed by atoms with Crippen molar-refractivity contribution in [2.24, 2.45) is 0 Å². The third kappa shape index (κ3) is 4.04. The Labute approximate surface area is 170 Å². The van der Waals surface area contributed by atoms with Crippen LogP contribution in [0, 0.1) is 0 Å². The Balaban J connectivity index is 1.83. The number of nitrogens with one attached hydrogen (secondary N) is 1. The lowest BCUT2D eigenvalue weighted by molar-refractivity contribution is -0.123. The molecule has 10 heteroatoms. The van der Waals surface area contributed by atoms with Gasteiger partial charge in [-0.3, -0.25) is 9.69 Å². The van der Waals surface area contributed by atoms with Crippen molar-refractivity contribution in [1.82, 2.24) is 10.2 Å². The van der Waals surface area contributed by atoms with Gasteiger partial charge in [0.1, 0.15) is 11.5 Å². The molecule has 0 unspecified atom stereocenters. The standard InChI is InChI=1S/C19H17ClN2O7/c1-26-15-7-10(12(20)8-16(15)27-2)6-13-17(23)22(19(25)21-13)9-11-4-5-14(29-11)18(24)28-3/h4-8H,9H2,1-3H3,(H,21,25)/b13-6-. The summed E-state index contributed by atoms with van der Waals surface area (Å²) in [5.41, 5.74) is 0.490. The zero-order valence-corrected chi connectivity index (χ0v) is 16.5. The Bertz CT molecular complexity index is 1010. The summed E-state index contributed by atoms with van der Waals surface area (Å²) in [4.78, 5) is 37.3. The third-order valence-electron chi connectivity index (χ3n) is 4.13. The lowest BCUT2D eigenvalue weighted by Crippen LogP contribution is -2.30. The SMILES string of the molecule is COC(=O)c1ccc(CN2C(=O)N/C(=C\c3cc(OC)c(OC)cc3Cl)C2=O)o1. The van der Waals surface area contributed by atoms with Crippen molar-refractivity contribution in [3.05, 3.63) is 52.1 Å². The number of halogens is 1. The van der Waals surface area contributed by atoms with Gasteiger partial charge in [0.15, 0.2) is 11.5 Å². The van der Waals surface area contributed by atoms with Crippen molar-refractivity contribution in [2.45, 2.75) is 6.54 Å². The average molecular weight is 421 g/mol. The molecule has 1 fully saturated rings. The highest BCUT2D eigenvalue weighted by atomic mass is 35.5. The van der Waals surface area contributed by atoms with Gasteiger partial charge in [0.2, 0.25) is 5.76 Å². The normalized spacial score (nSPS) is 14.9. The van der Waals surface area contributed by atoms with Crippen LogP contribution in [0.2, 0.25) is 5.02 Å². The zero-order valence-electron chi connectivity index (χ0n) is 15.8. The predicted octanol–water partition coefficient (Wildman–Crippen LogP) is 2.83. The van der Waals surface area contributed by atoms with Crippen LogP contribution in [0.15, 0.2) is 34.4 Å². The van der Waals surface area contributed by atoms with E-state index >= 15 is 0 Å². The van der Waals surface area contributed by atoms with Crippen molar-refractivity contribution in [1.29, 1.82) is 0 Å². The molecule has 0 atom stereocenters. The maximum Gasteiger partial charge on any atom is 0.373 e. The summed E-state index contributed by atoms with van der Waals surface area (Å²) in [5.74, 6) is -0.152. The molecule has 1 aromatic heterocycles. The summed E-state index contributed by atoms with van der Waals surface area (Å²) in [5, 5.41) is 2.80. The Morgan fingerprint density at radius 2 is 1.86 bits per heavy atom. The second kappa shape index (κ2) is 8.27. The van der Waals surface area contributed by atoms with E-state index in [-0.39, 0.29) is 23.8 Å². The first kappa shape index (κ1) is 20.3. The maximum atomic E-state index is 12.7. The first-order chi connectivity index (χ1) is 13.9. The van der Waals surface area contributed by atoms with Crippen molar-refractivity contribution >= 4 is 35.6 Å². The molecule has 2 aromatic rings. The van der Waals surface area contributed by atoms with Crippen LogP contribution in [-0.2, 0) is 16.1 Å². The van der Waals surface area contributed by atoms with Crippen LogP contribution < -0.4 is 14.8 Å². The summed E-state index contributed by atoms with van der Waals surface area (Å²) in [6.07, 6.45) is 1.44. The van der Waals surface area contributed by atoms with Crippen LogP contribution in [-0.4, -0.2) is 44.1 Å². The number of rotatable bonds is 6. The number of imide groups is 1. The molecule has 29 heavy (non-hydrogen) atoms. The Morgan fingerprint density at radius 1 is 1.17 bits per heavy atom. The smallest absolute Gasteiger partial charge is 0.373 e. The average Bonchev–Trinajstić information content (AvgIpc) is 3.29. The van der Waals surface area contributed by atoms with Crippen molar-refractivity contribution < 1.29 is 33.0 Å². The van der Waals surface area contributed by atoms with Gasteiger partial charge >= 0.3 is 12.0 Å². The molecule has 0 spiro atoms. The highest BCUT2D eigenvalue weighted by molar-refractivity contribution is 6.32. The number of furan rings is 1. The number of hydrogen-bond acceptors (Lipinski definition) is 7. The molecular formula is C19H17ClN2O7. The summed E-state index contributed by atoms with van der Waals surface area (Å²) < 4.78 is 20.3. The number of esters is 1. The van der Waals surface area contributed by atoms with Crippen LogP contribution in [0.1, 0.15) is 21.9 Å². The van der Waals surface area contributed by atoms with E-state index in [2.05, 4.69) is 10.1 Å². The van der Waals surface area contributed by atoms with E-state index in [4.69, 9.17) is 25.5 Å². The molecule has 2 heterocycles. The number of urea groups is 1. The number of hydrogen-bond donors (Lipinski definition) is 1. The number of methoxy groups -OCH3 is 3. The van der Waals surface area contributed by atoms with Gasteiger partial charge in [-0.05, 0) is 29.8 Å². The molecule has 1 aromatic carbocycles. The molecule has 3 amide bonds. The number of carbonyl (C=O) groups is 3. The molecule has 152 valence electrons. The fourth-order valence-electron chi connectivity index (χ4n) is 2.68. The minimum absolute atomic E-state index is 0.0255. The van der Waals surface area contributed by atoms with Crippen molar-refractivity contribution in [3.63, 3.8) is 0 Å². The molecule has 1 aliphatic heterocycles. The monoisotopic (exact) mass is 420 g/mol. The highest BCUT2D eigenvalue weighted by Crippen LogP contribution is 2.34. The van der Waals surface area contributed by atoms with Crippen LogP contribution in [0.4, 0.5) is 4.79 Å². The second-order valence-corrected chi connectivity index (χ2v) is 6.27. The minimum atomic E-state index is -0.655. The number of benzene rings is 1. The molecule has 1 saturated heterocycles. The molecule has 0 radical (unpaired) electrons. The summed E-state index contributed by atoms with van der Waals surface area (Å²) >= 11 is 6.24. The molecule has 9 nitrogen and oxygen atoms in total. The van der Waals surface area contributed by atoms with Gasteiger partial charge in [0, 0.05) is 6.07 Å². The van der Waals surface area contributed by atoms with E-state index in [1.54, 1.807) is 12.1 Å². The quantitative estimate of drug-likeness (QED) is 0.435. The van der Waals surface area contributed by atoms with Crippen LogP contribution in [0.3, 0.4) is 0 Å². The fourth-order valence-corrected chi connectivity index (χ4v) is 2.89. The minimum Gasteiger partial charge on any atom is -0.493 e. The van der Waals surface area contributed by atoms with Crippen molar-refractivity contribution in [3.8, 4) is 11.5 Å². The molecule has 0 bridgehead atoms. The number of amides is 3. The highest BCUT2D eigenvalue weighted by Gasteiger charge is 2.34. The van der Waals surface area contributed by atoms with Gasteiger partial charge in [-0.15, -0.1) is 0 Å². The molecule has 3 rings (SSSR count). The topological polar surface area (TPSA) is 107 Å². The number of nitrogens with zero attached hydrogens (tertiary/aromatic N) is 1. The van der Waals surface area contributed by atoms with Gasteiger partial charge in [-0.1, -0.05) is 11.6 Å². The van der Waals surface area contributed by atoms with Gasteiger partial charge < -0.3 is 23.9 Å². The zero-order chi connectivity index (χ0) is 21.1. The van der Waals surface area contributed by atoms with Gasteiger partial charge in [0.05, 0.1) is 32.9 Å². The fraction of sp³-hybridized carbons (Fsp3) is 0.211. The number of carbonyl (C=O) groups excluding carboxylic acids is 3. The van der Waals surface area contributed by atoms with Crippen LogP contribution in [0.5, 0.6) is 11.5 Å². The van der Waals surface area contributed by atoms with E-state index in [0.29, 0.717) is 22.1 Å². The Hall–Kier alpha value is -3.46. The molecule has 1 N–H and O–H groups in total. The van der Waals surface area contributed by atoms with E-state index < -0.39 is 17.9 Å². The van der Waals surface area contributed by atoms with Gasteiger partial charge in [0.25, 0.3) is 5.91 Å². The molecule has 0 saturated carbocycles.